The van der Waals surface area contributed by atoms with Crippen LogP contribution in [0.4, 0.5) is 0 Å². The van der Waals surface area contributed by atoms with E-state index in [-0.39, 0.29) is 18.6 Å². The maximum absolute atomic E-state index is 12.0. The molecule has 1 rings (SSSR count). The van der Waals surface area contributed by atoms with E-state index >= 15 is 0 Å². The molecule has 0 radical (unpaired) electrons. The molecule has 3 nitrogen and oxygen atoms in total. The number of nitrogens with one attached hydrogen (secondary N) is 1. The van der Waals surface area contributed by atoms with Gasteiger partial charge >= 0.3 is 0 Å². The van der Waals surface area contributed by atoms with Gasteiger partial charge in [0.1, 0.15) is 0 Å². The lowest BCUT2D eigenvalue weighted by atomic mass is 10.1. The second kappa shape index (κ2) is 6.67. The number of hydrogen-bond acceptors (Lipinski definition) is 3. The summed E-state index contributed by atoms with van der Waals surface area (Å²) in [4.78, 5) is 13.1. The highest BCUT2D eigenvalue weighted by atomic mass is 32.2. The van der Waals surface area contributed by atoms with Gasteiger partial charge in [0.2, 0.25) is 0 Å². The Morgan fingerprint density at radius 1 is 1.53 bits per heavy atom. The van der Waals surface area contributed by atoms with Gasteiger partial charge in [0, 0.05) is 10.5 Å². The van der Waals surface area contributed by atoms with E-state index in [9.17, 15) is 4.79 Å². The van der Waals surface area contributed by atoms with Crippen LogP contribution in [0.5, 0.6) is 0 Å². The first-order valence-corrected chi connectivity index (χ1v) is 6.91. The molecule has 0 aliphatic rings. The summed E-state index contributed by atoms with van der Waals surface area (Å²) < 4.78 is 0. The molecule has 4 heteroatoms. The Morgan fingerprint density at radius 3 is 2.76 bits per heavy atom. The summed E-state index contributed by atoms with van der Waals surface area (Å²) in [6, 6.07) is 5.67. The molecular weight excluding hydrogens is 234 g/mol. The second-order valence-electron chi connectivity index (χ2n) is 3.94. The molecule has 0 heterocycles. The van der Waals surface area contributed by atoms with Crippen LogP contribution in [0.15, 0.2) is 23.1 Å². The van der Waals surface area contributed by atoms with E-state index in [1.807, 2.05) is 38.3 Å². The first-order chi connectivity index (χ1) is 8.12. The molecule has 94 valence electrons. The van der Waals surface area contributed by atoms with E-state index < -0.39 is 0 Å². The number of aliphatic hydroxyl groups is 1. The van der Waals surface area contributed by atoms with Crippen molar-refractivity contribution in [2.24, 2.45) is 0 Å². The van der Waals surface area contributed by atoms with Crippen LogP contribution in [0.2, 0.25) is 0 Å². The molecule has 0 bridgehead atoms. The van der Waals surface area contributed by atoms with E-state index in [2.05, 4.69) is 5.32 Å². The predicted molar refractivity (Wildman–Crippen MR) is 71.6 cm³/mol. The van der Waals surface area contributed by atoms with Crippen LogP contribution in [0, 0.1) is 6.92 Å². The molecule has 0 spiro atoms. The standard InChI is InChI=1S/C13H19NO2S/c1-4-10(8-15)14-13(16)12-7-11(17-3)6-5-9(12)2/h5-7,10,15H,4,8H2,1-3H3,(H,14,16). The maximum Gasteiger partial charge on any atom is 0.251 e. The quantitative estimate of drug-likeness (QED) is 0.791. The lowest BCUT2D eigenvalue weighted by Gasteiger charge is -2.15. The zero-order chi connectivity index (χ0) is 12.8. The molecule has 0 aliphatic heterocycles. The van der Waals surface area contributed by atoms with Crippen molar-refractivity contribution in [2.45, 2.75) is 31.2 Å². The molecule has 0 saturated carbocycles. The summed E-state index contributed by atoms with van der Waals surface area (Å²) in [5.41, 5.74) is 1.64. The van der Waals surface area contributed by atoms with Gasteiger partial charge in [-0.3, -0.25) is 4.79 Å². The minimum Gasteiger partial charge on any atom is -0.394 e. The summed E-state index contributed by atoms with van der Waals surface area (Å²) in [5.74, 6) is -0.112. The van der Waals surface area contributed by atoms with Crippen LogP contribution in [0.1, 0.15) is 29.3 Å². The van der Waals surface area contributed by atoms with Gasteiger partial charge in [-0.25, -0.2) is 0 Å². The third kappa shape index (κ3) is 3.75. The molecule has 1 amide bonds. The highest BCUT2D eigenvalue weighted by molar-refractivity contribution is 7.98. The zero-order valence-corrected chi connectivity index (χ0v) is 11.3. The van der Waals surface area contributed by atoms with Gasteiger partial charge in [0.25, 0.3) is 5.91 Å². The van der Waals surface area contributed by atoms with Crippen molar-refractivity contribution in [1.82, 2.24) is 5.32 Å². The Labute approximate surface area is 107 Å². The summed E-state index contributed by atoms with van der Waals surface area (Å²) in [7, 11) is 0. The van der Waals surface area contributed by atoms with Crippen molar-refractivity contribution in [3.8, 4) is 0 Å². The van der Waals surface area contributed by atoms with Crippen LogP contribution in [0.3, 0.4) is 0 Å². The van der Waals surface area contributed by atoms with Crippen LogP contribution in [0.25, 0.3) is 0 Å². The average Bonchev–Trinajstić information content (AvgIpc) is 2.36. The van der Waals surface area contributed by atoms with Gasteiger partial charge in [-0.05, 0) is 37.3 Å². The highest BCUT2D eigenvalue weighted by Crippen LogP contribution is 2.19. The minimum absolute atomic E-state index is 0.0243. The number of aliphatic hydroxyl groups excluding tert-OH is 1. The van der Waals surface area contributed by atoms with Gasteiger partial charge in [0.15, 0.2) is 0 Å². The van der Waals surface area contributed by atoms with Crippen LogP contribution in [-0.4, -0.2) is 29.9 Å². The van der Waals surface area contributed by atoms with Gasteiger partial charge in [-0.1, -0.05) is 13.0 Å². The summed E-state index contributed by atoms with van der Waals surface area (Å²) in [6.45, 7) is 3.83. The average molecular weight is 253 g/mol. The van der Waals surface area contributed by atoms with Gasteiger partial charge in [0.05, 0.1) is 12.6 Å². The van der Waals surface area contributed by atoms with Crippen molar-refractivity contribution >= 4 is 17.7 Å². The Balaban J connectivity index is 2.87. The summed E-state index contributed by atoms with van der Waals surface area (Å²) in [6.07, 6.45) is 2.71. The number of thioether (sulfide) groups is 1. The third-order valence-electron chi connectivity index (χ3n) is 2.74. The normalized spacial score (nSPS) is 12.2. The first-order valence-electron chi connectivity index (χ1n) is 5.68. The fourth-order valence-corrected chi connectivity index (χ4v) is 1.95. The molecule has 1 aromatic rings. The van der Waals surface area contributed by atoms with Gasteiger partial charge in [-0.2, -0.15) is 0 Å². The SMILES string of the molecule is CCC(CO)NC(=O)c1cc(SC)ccc1C. The van der Waals surface area contributed by atoms with Crippen molar-refractivity contribution in [1.29, 1.82) is 0 Å². The molecular formula is C13H19NO2S. The van der Waals surface area contributed by atoms with Gasteiger partial charge < -0.3 is 10.4 Å². The number of benzene rings is 1. The number of aryl methyl sites for hydroxylation is 1. The Kier molecular flexibility index (Phi) is 5.51. The lowest BCUT2D eigenvalue weighted by molar-refractivity contribution is 0.0914. The molecule has 0 aromatic heterocycles. The van der Waals surface area contributed by atoms with E-state index in [1.165, 1.54) is 0 Å². The molecule has 0 aliphatic carbocycles. The third-order valence-corrected chi connectivity index (χ3v) is 3.46. The van der Waals surface area contributed by atoms with E-state index in [4.69, 9.17) is 5.11 Å². The number of carbonyl (C=O) groups excluding carboxylic acids is 1. The van der Waals surface area contributed by atoms with Crippen LogP contribution < -0.4 is 5.32 Å². The van der Waals surface area contributed by atoms with Crippen LogP contribution >= 0.6 is 11.8 Å². The summed E-state index contributed by atoms with van der Waals surface area (Å²) in [5, 5.41) is 11.9. The number of rotatable bonds is 5. The monoisotopic (exact) mass is 253 g/mol. The minimum atomic E-state index is -0.167. The predicted octanol–water partition coefficient (Wildman–Crippen LogP) is 2.22. The molecule has 1 unspecified atom stereocenters. The second-order valence-corrected chi connectivity index (χ2v) is 4.82. The molecule has 0 saturated heterocycles. The molecule has 0 fully saturated rings. The molecule has 1 aromatic carbocycles. The number of carbonyl (C=O) groups is 1. The Bertz CT molecular complexity index is 389. The molecule has 2 N–H and O–H groups in total. The van der Waals surface area contributed by atoms with E-state index in [1.54, 1.807) is 11.8 Å². The Morgan fingerprint density at radius 2 is 2.24 bits per heavy atom. The van der Waals surface area contributed by atoms with E-state index in [0.29, 0.717) is 5.56 Å². The lowest BCUT2D eigenvalue weighted by Crippen LogP contribution is -2.37. The smallest absolute Gasteiger partial charge is 0.251 e. The van der Waals surface area contributed by atoms with Crippen molar-refractivity contribution in [2.75, 3.05) is 12.9 Å². The molecule has 1 atom stereocenters. The van der Waals surface area contributed by atoms with Crippen molar-refractivity contribution in [3.63, 3.8) is 0 Å². The van der Waals surface area contributed by atoms with E-state index in [0.717, 1.165) is 16.9 Å². The topological polar surface area (TPSA) is 49.3 Å². The zero-order valence-electron chi connectivity index (χ0n) is 10.5. The largest absolute Gasteiger partial charge is 0.394 e. The first kappa shape index (κ1) is 14.1. The van der Waals surface area contributed by atoms with Crippen molar-refractivity contribution < 1.29 is 9.90 Å². The van der Waals surface area contributed by atoms with Crippen LogP contribution in [-0.2, 0) is 0 Å². The summed E-state index contributed by atoms with van der Waals surface area (Å²) >= 11 is 1.61. The van der Waals surface area contributed by atoms with Gasteiger partial charge in [-0.15, -0.1) is 11.8 Å². The highest BCUT2D eigenvalue weighted by Gasteiger charge is 2.13. The Hall–Kier alpha value is -1.00. The fourth-order valence-electron chi connectivity index (χ4n) is 1.51. The maximum atomic E-state index is 12.0. The van der Waals surface area contributed by atoms with Crippen molar-refractivity contribution in [3.05, 3.63) is 29.3 Å². The molecule has 17 heavy (non-hydrogen) atoms. The fraction of sp³-hybridized carbons (Fsp3) is 0.462. The number of hydrogen-bond donors (Lipinski definition) is 2. The number of amides is 1.